The third-order valence-corrected chi connectivity index (χ3v) is 8.57. The Morgan fingerprint density at radius 2 is 1.66 bits per heavy atom. The molecule has 1 amide bonds. The normalized spacial score (nSPS) is 30.4. The molecule has 2 aromatic carbocycles. The van der Waals surface area contributed by atoms with E-state index in [1.54, 1.807) is 0 Å². The number of hydrogen-bond donors (Lipinski definition) is 1. The number of methoxy groups -OCH3 is 1. The summed E-state index contributed by atoms with van der Waals surface area (Å²) in [6.07, 6.45) is 5.83. The van der Waals surface area contributed by atoms with Crippen molar-refractivity contribution in [3.63, 3.8) is 0 Å². The number of hydrogen-bond acceptors (Lipinski definition) is 4. The Labute approximate surface area is 190 Å². The summed E-state index contributed by atoms with van der Waals surface area (Å²) in [5.41, 5.74) is 0.719. The van der Waals surface area contributed by atoms with Crippen LogP contribution in [-0.4, -0.2) is 43.0 Å². The van der Waals surface area contributed by atoms with Crippen LogP contribution in [0.2, 0.25) is 0 Å². The predicted molar refractivity (Wildman–Crippen MR) is 125 cm³/mol. The van der Waals surface area contributed by atoms with Gasteiger partial charge in [0.05, 0.1) is 12.5 Å². The van der Waals surface area contributed by atoms with Gasteiger partial charge in [0, 0.05) is 30.6 Å². The van der Waals surface area contributed by atoms with Crippen molar-refractivity contribution >= 4 is 22.6 Å². The number of carbonyl (C=O) groups is 2. The molecule has 0 spiro atoms. The van der Waals surface area contributed by atoms with Crippen LogP contribution in [0.4, 0.5) is 0 Å². The van der Waals surface area contributed by atoms with E-state index in [1.807, 2.05) is 0 Å². The van der Waals surface area contributed by atoms with Crippen LogP contribution in [0.15, 0.2) is 42.5 Å². The summed E-state index contributed by atoms with van der Waals surface area (Å²) in [7, 11) is 1.48. The first kappa shape index (κ1) is 21.4. The Kier molecular flexibility index (Phi) is 5.48. The van der Waals surface area contributed by atoms with Crippen molar-refractivity contribution in [1.29, 1.82) is 0 Å². The van der Waals surface area contributed by atoms with Gasteiger partial charge in [0.1, 0.15) is 0 Å². The van der Waals surface area contributed by atoms with E-state index in [4.69, 9.17) is 4.74 Å². The van der Waals surface area contributed by atoms with Gasteiger partial charge in [-0.3, -0.25) is 9.59 Å². The Hall–Kier alpha value is -2.40. The van der Waals surface area contributed by atoms with Gasteiger partial charge in [-0.2, -0.15) is 0 Å². The van der Waals surface area contributed by atoms with E-state index in [-0.39, 0.29) is 22.8 Å². The molecule has 1 aliphatic heterocycles. The van der Waals surface area contributed by atoms with Gasteiger partial charge in [-0.15, -0.1) is 0 Å². The van der Waals surface area contributed by atoms with E-state index < -0.39 is 0 Å². The van der Waals surface area contributed by atoms with E-state index in [1.165, 1.54) is 23.4 Å². The highest BCUT2D eigenvalue weighted by Gasteiger charge is 2.57. The molecule has 0 unspecified atom stereocenters. The van der Waals surface area contributed by atoms with E-state index >= 15 is 0 Å². The Morgan fingerprint density at radius 3 is 2.38 bits per heavy atom. The van der Waals surface area contributed by atoms with Gasteiger partial charge < -0.3 is 15.0 Å². The van der Waals surface area contributed by atoms with Gasteiger partial charge in [0.25, 0.3) is 0 Å². The van der Waals surface area contributed by atoms with Crippen LogP contribution in [0.1, 0.15) is 63.5 Å². The van der Waals surface area contributed by atoms with E-state index in [2.05, 4.69) is 59.6 Å². The quantitative estimate of drug-likeness (QED) is 0.699. The van der Waals surface area contributed by atoms with Crippen molar-refractivity contribution in [2.24, 2.45) is 10.8 Å². The Balaban J connectivity index is 1.22. The lowest BCUT2D eigenvalue weighted by Crippen LogP contribution is -2.53. The van der Waals surface area contributed by atoms with Crippen molar-refractivity contribution < 1.29 is 14.3 Å². The summed E-state index contributed by atoms with van der Waals surface area (Å²) in [5, 5.41) is 6.34. The van der Waals surface area contributed by atoms with Crippen molar-refractivity contribution in [1.82, 2.24) is 10.2 Å². The molecule has 4 fully saturated rings. The van der Waals surface area contributed by atoms with Gasteiger partial charge in [-0.1, -0.05) is 42.5 Å². The number of carbonyl (C=O) groups excluding carboxylic acids is 2. The lowest BCUT2D eigenvalue weighted by atomic mass is 9.53. The third kappa shape index (κ3) is 3.51. The number of rotatable bonds is 5. The second-order valence-electron chi connectivity index (χ2n) is 10.2. The number of amides is 1. The lowest BCUT2D eigenvalue weighted by molar-refractivity contribution is -0.169. The molecule has 2 bridgehead atoms. The highest BCUT2D eigenvalue weighted by atomic mass is 16.5. The van der Waals surface area contributed by atoms with Crippen LogP contribution in [0.3, 0.4) is 0 Å². The van der Waals surface area contributed by atoms with E-state index in [0.717, 1.165) is 58.0 Å². The highest BCUT2D eigenvalue weighted by Crippen LogP contribution is 2.58. The van der Waals surface area contributed by atoms with E-state index in [9.17, 15) is 9.59 Å². The zero-order valence-corrected chi connectivity index (χ0v) is 19.2. The maximum atomic E-state index is 13.6. The minimum atomic E-state index is -0.334. The fraction of sp³-hybridized carbons (Fsp3) is 0.556. The minimum Gasteiger partial charge on any atom is -0.469 e. The number of nitrogens with zero attached hydrogens (tertiary/aromatic N) is 1. The van der Waals surface area contributed by atoms with Gasteiger partial charge in [0.15, 0.2) is 0 Å². The number of benzene rings is 2. The number of fused-ring (bicyclic) bond motifs is 4. The second-order valence-corrected chi connectivity index (χ2v) is 10.2. The summed E-state index contributed by atoms with van der Waals surface area (Å²) in [6.45, 7) is 3.82. The first-order valence-electron chi connectivity index (χ1n) is 12.1. The highest BCUT2D eigenvalue weighted by molar-refractivity contribution is 5.86. The monoisotopic (exact) mass is 434 g/mol. The number of nitrogens with one attached hydrogen (secondary N) is 1. The molecule has 3 aliphatic carbocycles. The molecular formula is C27H34N2O3. The zero-order chi connectivity index (χ0) is 22.3. The minimum absolute atomic E-state index is 0.0777. The van der Waals surface area contributed by atoms with Crippen LogP contribution >= 0.6 is 0 Å². The van der Waals surface area contributed by atoms with Crippen LogP contribution < -0.4 is 5.32 Å². The van der Waals surface area contributed by atoms with Crippen molar-refractivity contribution in [2.45, 2.75) is 64.0 Å². The summed E-state index contributed by atoms with van der Waals surface area (Å²) in [6, 6.07) is 15.5. The second kappa shape index (κ2) is 8.18. The van der Waals surface area contributed by atoms with Crippen LogP contribution in [0.25, 0.3) is 10.8 Å². The molecule has 3 saturated carbocycles. The maximum absolute atomic E-state index is 13.6. The molecular weight excluding hydrogens is 400 g/mol. The number of likely N-dealkylation sites (tertiary alicyclic amines) is 1. The molecule has 4 aliphatic rings. The summed E-state index contributed by atoms with van der Waals surface area (Å²) in [5.74, 6) is 0.240. The Morgan fingerprint density at radius 1 is 1.00 bits per heavy atom. The molecule has 1 heterocycles. The molecule has 1 N–H and O–H groups in total. The van der Waals surface area contributed by atoms with Gasteiger partial charge in [-0.25, -0.2) is 0 Å². The molecule has 1 saturated heterocycles. The van der Waals surface area contributed by atoms with Crippen LogP contribution in [0.5, 0.6) is 0 Å². The number of esters is 1. The van der Waals surface area contributed by atoms with Gasteiger partial charge in [-0.05, 0) is 68.2 Å². The van der Waals surface area contributed by atoms with Crippen LogP contribution in [0, 0.1) is 10.8 Å². The average molecular weight is 435 g/mol. The molecule has 5 nitrogen and oxygen atoms in total. The lowest BCUT2D eigenvalue weighted by Gasteiger charge is -2.51. The van der Waals surface area contributed by atoms with Gasteiger partial charge in [0.2, 0.25) is 5.91 Å². The van der Waals surface area contributed by atoms with E-state index in [0.29, 0.717) is 11.9 Å². The molecule has 2 aromatic rings. The SMILES string of the molecule is COC(=O)C12CCC(C(=O)N3CC[C@H](N[C@H](C)c4cccc5ccccc45)C3)(CC1)CC2. The maximum Gasteiger partial charge on any atom is 0.311 e. The summed E-state index contributed by atoms with van der Waals surface area (Å²) < 4.78 is 5.07. The molecule has 5 heteroatoms. The fourth-order valence-electron chi connectivity index (χ4n) is 6.52. The molecule has 0 aromatic heterocycles. The zero-order valence-electron chi connectivity index (χ0n) is 19.2. The molecule has 32 heavy (non-hydrogen) atoms. The molecule has 6 rings (SSSR count). The molecule has 2 atom stereocenters. The standard InChI is InChI=1S/C27H34N2O3/c1-19(22-9-5-7-20-6-3-4-8-23(20)22)28-21-10-17-29(18-21)24(30)26-11-14-27(15-12-26,16-13-26)25(31)32-2/h3-9,19,21,28H,10-18H2,1-2H3/t19-,21+,26?,27?/m1/s1. The largest absolute Gasteiger partial charge is 0.469 e. The van der Waals surface area contributed by atoms with Crippen molar-refractivity contribution in [3.8, 4) is 0 Å². The van der Waals surface area contributed by atoms with Crippen molar-refractivity contribution in [2.75, 3.05) is 20.2 Å². The topological polar surface area (TPSA) is 58.6 Å². The number of ether oxygens (including phenoxy) is 1. The average Bonchev–Trinajstić information content (AvgIpc) is 3.32. The Bertz CT molecular complexity index is 1000. The first-order valence-corrected chi connectivity index (χ1v) is 12.1. The van der Waals surface area contributed by atoms with Crippen molar-refractivity contribution in [3.05, 3.63) is 48.0 Å². The first-order chi connectivity index (χ1) is 15.5. The van der Waals surface area contributed by atoms with Crippen LogP contribution in [-0.2, 0) is 14.3 Å². The van der Waals surface area contributed by atoms with Gasteiger partial charge >= 0.3 is 5.97 Å². The molecule has 170 valence electrons. The predicted octanol–water partition coefficient (Wildman–Crippen LogP) is 4.60. The third-order valence-electron chi connectivity index (χ3n) is 8.57. The smallest absolute Gasteiger partial charge is 0.311 e. The molecule has 0 radical (unpaired) electrons. The summed E-state index contributed by atoms with van der Waals surface area (Å²) in [4.78, 5) is 28.0. The fourth-order valence-corrected chi connectivity index (χ4v) is 6.52. The summed E-state index contributed by atoms with van der Waals surface area (Å²) >= 11 is 0.